The van der Waals surface area contributed by atoms with Crippen molar-refractivity contribution in [1.82, 2.24) is 16.1 Å². The lowest BCUT2D eigenvalue weighted by Crippen LogP contribution is -2.45. The molecule has 0 aliphatic carbocycles. The van der Waals surface area contributed by atoms with Crippen molar-refractivity contribution in [2.75, 3.05) is 20.3 Å². The average molecular weight is 611 g/mol. The van der Waals surface area contributed by atoms with Crippen LogP contribution in [0.3, 0.4) is 0 Å². The molecule has 1 aliphatic rings. The predicted octanol–water partition coefficient (Wildman–Crippen LogP) is 4.03. The van der Waals surface area contributed by atoms with Crippen LogP contribution in [0.4, 0.5) is 4.79 Å². The number of amides is 3. The molecule has 0 radical (unpaired) electrons. The minimum absolute atomic E-state index is 0.0595. The van der Waals surface area contributed by atoms with Gasteiger partial charge in [0.2, 0.25) is 0 Å². The molecule has 1 aliphatic heterocycles. The molecule has 0 saturated carbocycles. The topological polar surface area (TPSA) is 178 Å². The zero-order valence-electron chi connectivity index (χ0n) is 23.2. The van der Waals surface area contributed by atoms with E-state index in [4.69, 9.17) is 30.2 Å². The number of rotatable bonds is 11. The van der Waals surface area contributed by atoms with Gasteiger partial charge in [0.25, 0.3) is 5.91 Å². The molecule has 0 fully saturated rings. The second-order valence-corrected chi connectivity index (χ2v) is 9.39. The first-order chi connectivity index (χ1) is 20.6. The number of carbonyl (C=O) groups excluding carboxylic acids is 3. The molecule has 2 heterocycles. The number of carboxylic acids is 1. The van der Waals surface area contributed by atoms with Crippen molar-refractivity contribution in [3.05, 3.63) is 81.7 Å². The lowest BCUT2D eigenvalue weighted by atomic mass is 9.95. The third-order valence-corrected chi connectivity index (χ3v) is 6.46. The summed E-state index contributed by atoms with van der Waals surface area (Å²) in [6.45, 7) is 3.05. The Morgan fingerprint density at radius 1 is 1.14 bits per heavy atom. The SMILES string of the molecule is CCOC(=O)C1=C(C)NC(=O)N[C@@H]1c1ccc(OCC(=O)N/N=C\c2ccc(-c3ccc(Cl)c(C(=O)O)c3)o2)c(OC)c1. The molecule has 224 valence electrons. The van der Waals surface area contributed by atoms with Crippen LogP contribution in [0.25, 0.3) is 11.3 Å². The van der Waals surface area contributed by atoms with E-state index in [9.17, 15) is 24.3 Å². The third-order valence-electron chi connectivity index (χ3n) is 6.13. The molecule has 4 N–H and O–H groups in total. The Morgan fingerprint density at radius 2 is 1.93 bits per heavy atom. The number of carbonyl (C=O) groups is 4. The monoisotopic (exact) mass is 610 g/mol. The van der Waals surface area contributed by atoms with E-state index >= 15 is 0 Å². The van der Waals surface area contributed by atoms with Gasteiger partial charge < -0.3 is 34.4 Å². The number of allylic oxidation sites excluding steroid dienone is 1. The molecule has 43 heavy (non-hydrogen) atoms. The maximum Gasteiger partial charge on any atom is 0.338 e. The van der Waals surface area contributed by atoms with Gasteiger partial charge in [0.15, 0.2) is 18.1 Å². The van der Waals surface area contributed by atoms with Crippen LogP contribution in [0.2, 0.25) is 5.02 Å². The number of urea groups is 1. The van der Waals surface area contributed by atoms with Crippen LogP contribution >= 0.6 is 11.6 Å². The van der Waals surface area contributed by atoms with Crippen LogP contribution in [0.1, 0.15) is 41.6 Å². The molecule has 14 heteroatoms. The number of benzene rings is 2. The molecule has 0 bridgehead atoms. The van der Waals surface area contributed by atoms with E-state index in [0.717, 1.165) is 0 Å². The van der Waals surface area contributed by atoms with Gasteiger partial charge in [-0.25, -0.2) is 19.8 Å². The average Bonchev–Trinajstić information content (AvgIpc) is 3.44. The minimum atomic E-state index is -1.16. The number of hydrogen-bond acceptors (Lipinski definition) is 9. The van der Waals surface area contributed by atoms with E-state index in [2.05, 4.69) is 21.2 Å². The second-order valence-electron chi connectivity index (χ2n) is 8.98. The zero-order chi connectivity index (χ0) is 31.1. The van der Waals surface area contributed by atoms with Crippen molar-refractivity contribution in [2.45, 2.75) is 19.9 Å². The molecule has 0 saturated heterocycles. The quantitative estimate of drug-likeness (QED) is 0.142. The maximum absolute atomic E-state index is 12.6. The van der Waals surface area contributed by atoms with Crippen molar-refractivity contribution < 1.29 is 42.9 Å². The molecular weight excluding hydrogens is 584 g/mol. The Labute approximate surface area is 250 Å². The highest BCUT2D eigenvalue weighted by Gasteiger charge is 2.32. The molecule has 3 aromatic rings. The van der Waals surface area contributed by atoms with Crippen LogP contribution in [0.5, 0.6) is 11.5 Å². The van der Waals surface area contributed by atoms with E-state index in [1.807, 2.05) is 0 Å². The van der Waals surface area contributed by atoms with E-state index in [1.165, 1.54) is 25.5 Å². The number of nitrogens with one attached hydrogen (secondary N) is 3. The number of hydrazone groups is 1. The van der Waals surface area contributed by atoms with Gasteiger partial charge >= 0.3 is 18.0 Å². The number of hydrogen-bond donors (Lipinski definition) is 4. The zero-order valence-corrected chi connectivity index (χ0v) is 24.0. The number of furan rings is 1. The van der Waals surface area contributed by atoms with Crippen molar-refractivity contribution in [1.29, 1.82) is 0 Å². The molecule has 0 spiro atoms. The first kappa shape index (κ1) is 30.7. The van der Waals surface area contributed by atoms with Crippen LogP contribution in [0.15, 0.2) is 69.3 Å². The van der Waals surface area contributed by atoms with Gasteiger partial charge in [0.1, 0.15) is 11.5 Å². The molecule has 0 unspecified atom stereocenters. The fourth-order valence-corrected chi connectivity index (χ4v) is 4.37. The fraction of sp³-hybridized carbons (Fsp3) is 0.207. The van der Waals surface area contributed by atoms with Crippen LogP contribution in [0, 0.1) is 0 Å². The number of ether oxygens (including phenoxy) is 3. The van der Waals surface area contributed by atoms with Crippen molar-refractivity contribution in [3.63, 3.8) is 0 Å². The molecule has 1 aromatic heterocycles. The summed E-state index contributed by atoms with van der Waals surface area (Å²) in [4.78, 5) is 48.4. The van der Waals surface area contributed by atoms with Crippen LogP contribution in [-0.2, 0) is 14.3 Å². The summed E-state index contributed by atoms with van der Waals surface area (Å²) in [5.74, 6) is -1.12. The summed E-state index contributed by atoms with van der Waals surface area (Å²) in [7, 11) is 1.41. The van der Waals surface area contributed by atoms with Gasteiger partial charge in [0, 0.05) is 11.3 Å². The van der Waals surface area contributed by atoms with Gasteiger partial charge in [-0.1, -0.05) is 17.7 Å². The summed E-state index contributed by atoms with van der Waals surface area (Å²) in [5, 5.41) is 18.5. The van der Waals surface area contributed by atoms with Crippen molar-refractivity contribution in [3.8, 4) is 22.8 Å². The van der Waals surface area contributed by atoms with Gasteiger partial charge in [-0.2, -0.15) is 5.10 Å². The van der Waals surface area contributed by atoms with Gasteiger partial charge in [-0.05, 0) is 61.9 Å². The molecular formula is C29H27ClN4O9. The van der Waals surface area contributed by atoms with Gasteiger partial charge in [-0.15, -0.1) is 0 Å². The second kappa shape index (κ2) is 13.6. The van der Waals surface area contributed by atoms with E-state index < -0.39 is 36.5 Å². The number of halogens is 1. The number of aromatic carboxylic acids is 1. The Kier molecular flexibility index (Phi) is 9.68. The van der Waals surface area contributed by atoms with E-state index in [1.54, 1.807) is 50.2 Å². The molecule has 1 atom stereocenters. The Morgan fingerprint density at radius 3 is 2.65 bits per heavy atom. The predicted molar refractivity (Wildman–Crippen MR) is 154 cm³/mol. The number of nitrogens with zero attached hydrogens (tertiary/aromatic N) is 1. The summed E-state index contributed by atoms with van der Waals surface area (Å²) < 4.78 is 21.8. The first-order valence-corrected chi connectivity index (χ1v) is 13.2. The molecule has 4 rings (SSSR count). The van der Waals surface area contributed by atoms with Crippen LogP contribution < -0.4 is 25.5 Å². The first-order valence-electron chi connectivity index (χ1n) is 12.8. The Balaban J connectivity index is 1.38. The third kappa shape index (κ3) is 7.32. The van der Waals surface area contributed by atoms with Crippen LogP contribution in [-0.4, -0.2) is 55.5 Å². The summed E-state index contributed by atoms with van der Waals surface area (Å²) in [6.07, 6.45) is 1.27. The minimum Gasteiger partial charge on any atom is -0.493 e. The maximum atomic E-state index is 12.6. The largest absolute Gasteiger partial charge is 0.493 e. The van der Waals surface area contributed by atoms with E-state index in [-0.39, 0.29) is 34.3 Å². The Bertz CT molecular complexity index is 1630. The van der Waals surface area contributed by atoms with Gasteiger partial charge in [0.05, 0.1) is 42.1 Å². The summed E-state index contributed by atoms with van der Waals surface area (Å²) in [6, 6.07) is 11.2. The summed E-state index contributed by atoms with van der Waals surface area (Å²) in [5.41, 5.74) is 3.91. The number of esters is 1. The van der Waals surface area contributed by atoms with E-state index in [0.29, 0.717) is 28.3 Å². The fourth-order valence-electron chi connectivity index (χ4n) is 4.17. The smallest absolute Gasteiger partial charge is 0.338 e. The molecule has 13 nitrogen and oxygen atoms in total. The molecule has 3 amide bonds. The Hall–Kier alpha value is -5.30. The van der Waals surface area contributed by atoms with Crippen molar-refractivity contribution in [2.24, 2.45) is 5.10 Å². The standard InChI is InChI=1S/C29H27ClN4O9/c1-4-41-28(38)25-15(2)32-29(39)33-26(25)17-6-9-22(23(12-17)40-3)42-14-24(35)34-31-13-18-7-10-21(43-18)16-5-8-20(30)19(11-16)27(36)37/h5-13,26H,4,14H2,1-3H3,(H,34,35)(H,36,37)(H2,32,33,39)/b31-13-/t26-/m1/s1. The highest BCUT2D eigenvalue weighted by Crippen LogP contribution is 2.34. The summed E-state index contributed by atoms with van der Waals surface area (Å²) >= 11 is 5.91. The van der Waals surface area contributed by atoms with Crippen molar-refractivity contribution >= 4 is 41.7 Å². The highest BCUT2D eigenvalue weighted by atomic mass is 35.5. The lowest BCUT2D eigenvalue weighted by Gasteiger charge is -2.28. The highest BCUT2D eigenvalue weighted by molar-refractivity contribution is 6.33. The molecule has 2 aromatic carbocycles. The lowest BCUT2D eigenvalue weighted by molar-refractivity contribution is -0.139. The number of carboxylic acid groups (broad SMARTS) is 1. The normalized spacial score (nSPS) is 14.6. The number of methoxy groups -OCH3 is 1. The van der Waals surface area contributed by atoms with Gasteiger partial charge in [-0.3, -0.25) is 4.79 Å².